The van der Waals surface area contributed by atoms with Crippen molar-refractivity contribution in [3.05, 3.63) is 29.3 Å². The Kier molecular flexibility index (Phi) is 4.30. The molecule has 3 heteroatoms. The van der Waals surface area contributed by atoms with E-state index in [4.69, 9.17) is 22.1 Å². The van der Waals surface area contributed by atoms with E-state index in [0.717, 1.165) is 18.6 Å². The SMILES string of the molecule is CC1CCC(CN)C(Oc2ccccc2Cl)C1. The molecule has 1 aromatic carbocycles. The summed E-state index contributed by atoms with van der Waals surface area (Å²) in [7, 11) is 0. The highest BCUT2D eigenvalue weighted by Gasteiger charge is 2.29. The third-order valence-electron chi connectivity index (χ3n) is 3.61. The van der Waals surface area contributed by atoms with Gasteiger partial charge in [-0.05, 0) is 37.4 Å². The number of rotatable bonds is 3. The fraction of sp³-hybridized carbons (Fsp3) is 0.571. The molecule has 1 fully saturated rings. The largest absolute Gasteiger partial charge is 0.489 e. The lowest BCUT2D eigenvalue weighted by atomic mass is 9.80. The summed E-state index contributed by atoms with van der Waals surface area (Å²) in [4.78, 5) is 0. The summed E-state index contributed by atoms with van der Waals surface area (Å²) in [6.07, 6.45) is 3.70. The van der Waals surface area contributed by atoms with Gasteiger partial charge in [0.25, 0.3) is 0 Å². The van der Waals surface area contributed by atoms with Crippen molar-refractivity contribution in [3.8, 4) is 5.75 Å². The molecule has 0 spiro atoms. The molecule has 2 N–H and O–H groups in total. The minimum Gasteiger partial charge on any atom is -0.489 e. The van der Waals surface area contributed by atoms with Gasteiger partial charge >= 0.3 is 0 Å². The van der Waals surface area contributed by atoms with Gasteiger partial charge in [0.2, 0.25) is 0 Å². The monoisotopic (exact) mass is 253 g/mol. The van der Waals surface area contributed by atoms with E-state index in [2.05, 4.69) is 6.92 Å². The minimum atomic E-state index is 0.212. The summed E-state index contributed by atoms with van der Waals surface area (Å²) in [6, 6.07) is 7.65. The maximum Gasteiger partial charge on any atom is 0.138 e. The lowest BCUT2D eigenvalue weighted by Crippen LogP contribution is -2.37. The summed E-state index contributed by atoms with van der Waals surface area (Å²) in [6.45, 7) is 2.97. The third-order valence-corrected chi connectivity index (χ3v) is 3.92. The number of ether oxygens (including phenoxy) is 1. The van der Waals surface area contributed by atoms with Crippen LogP contribution in [0, 0.1) is 11.8 Å². The van der Waals surface area contributed by atoms with E-state index in [-0.39, 0.29) is 6.10 Å². The van der Waals surface area contributed by atoms with E-state index in [0.29, 0.717) is 23.4 Å². The van der Waals surface area contributed by atoms with Gasteiger partial charge in [-0.1, -0.05) is 37.1 Å². The van der Waals surface area contributed by atoms with Crippen LogP contribution in [0.15, 0.2) is 24.3 Å². The summed E-state index contributed by atoms with van der Waals surface area (Å²) >= 11 is 6.11. The second kappa shape index (κ2) is 5.74. The number of para-hydroxylation sites is 1. The van der Waals surface area contributed by atoms with Gasteiger partial charge in [-0.2, -0.15) is 0 Å². The van der Waals surface area contributed by atoms with Crippen LogP contribution in [0.2, 0.25) is 5.02 Å². The molecule has 0 radical (unpaired) electrons. The quantitative estimate of drug-likeness (QED) is 0.895. The van der Waals surface area contributed by atoms with Crippen molar-refractivity contribution in [1.82, 2.24) is 0 Å². The Morgan fingerprint density at radius 2 is 2.12 bits per heavy atom. The van der Waals surface area contributed by atoms with Gasteiger partial charge in [0, 0.05) is 5.92 Å². The first-order chi connectivity index (χ1) is 8.20. The zero-order valence-electron chi connectivity index (χ0n) is 10.2. The van der Waals surface area contributed by atoms with Gasteiger partial charge in [0.1, 0.15) is 11.9 Å². The predicted octanol–water partition coefficient (Wildman–Crippen LogP) is 3.48. The minimum absolute atomic E-state index is 0.212. The Bertz CT molecular complexity index is 369. The van der Waals surface area contributed by atoms with E-state index >= 15 is 0 Å². The molecule has 2 nitrogen and oxygen atoms in total. The van der Waals surface area contributed by atoms with Crippen molar-refractivity contribution in [2.24, 2.45) is 17.6 Å². The van der Waals surface area contributed by atoms with Crippen LogP contribution in [-0.4, -0.2) is 12.6 Å². The molecule has 0 saturated heterocycles. The maximum absolute atomic E-state index is 6.11. The summed E-state index contributed by atoms with van der Waals surface area (Å²) in [5.74, 6) is 1.96. The van der Waals surface area contributed by atoms with Crippen molar-refractivity contribution >= 4 is 11.6 Å². The van der Waals surface area contributed by atoms with Crippen LogP contribution in [0.25, 0.3) is 0 Å². The molecule has 0 heterocycles. The van der Waals surface area contributed by atoms with Crippen LogP contribution in [0.1, 0.15) is 26.2 Å². The van der Waals surface area contributed by atoms with Crippen LogP contribution >= 0.6 is 11.6 Å². The summed E-state index contributed by atoms with van der Waals surface area (Å²) in [5, 5.41) is 0.682. The summed E-state index contributed by atoms with van der Waals surface area (Å²) < 4.78 is 6.05. The molecule has 1 aliphatic rings. The van der Waals surface area contributed by atoms with Crippen molar-refractivity contribution in [3.63, 3.8) is 0 Å². The molecule has 0 aliphatic heterocycles. The highest BCUT2D eigenvalue weighted by Crippen LogP contribution is 2.33. The van der Waals surface area contributed by atoms with Crippen LogP contribution in [-0.2, 0) is 0 Å². The fourth-order valence-corrected chi connectivity index (χ4v) is 2.69. The fourth-order valence-electron chi connectivity index (χ4n) is 2.51. The Morgan fingerprint density at radius 1 is 1.35 bits per heavy atom. The predicted molar refractivity (Wildman–Crippen MR) is 71.4 cm³/mol. The van der Waals surface area contributed by atoms with E-state index in [1.54, 1.807) is 0 Å². The molecule has 17 heavy (non-hydrogen) atoms. The van der Waals surface area contributed by atoms with Crippen molar-refractivity contribution < 1.29 is 4.74 Å². The second-order valence-corrected chi connectivity index (χ2v) is 5.41. The smallest absolute Gasteiger partial charge is 0.138 e. The Balaban J connectivity index is 2.07. The van der Waals surface area contributed by atoms with E-state index in [1.807, 2.05) is 24.3 Å². The Morgan fingerprint density at radius 3 is 2.82 bits per heavy atom. The molecule has 0 aromatic heterocycles. The molecule has 3 unspecified atom stereocenters. The molecular formula is C14H20ClNO. The first kappa shape index (κ1) is 12.7. The number of halogens is 1. The van der Waals surface area contributed by atoms with Gasteiger partial charge in [0.15, 0.2) is 0 Å². The van der Waals surface area contributed by atoms with Gasteiger partial charge in [0.05, 0.1) is 5.02 Å². The third kappa shape index (κ3) is 3.14. The zero-order chi connectivity index (χ0) is 12.3. The average Bonchev–Trinajstić information content (AvgIpc) is 2.32. The summed E-state index contributed by atoms with van der Waals surface area (Å²) in [5.41, 5.74) is 5.82. The normalized spacial score (nSPS) is 29.0. The Labute approximate surface area is 108 Å². The van der Waals surface area contributed by atoms with Crippen molar-refractivity contribution in [2.45, 2.75) is 32.3 Å². The van der Waals surface area contributed by atoms with Crippen molar-refractivity contribution in [1.29, 1.82) is 0 Å². The molecule has 0 bridgehead atoms. The molecule has 0 amide bonds. The maximum atomic E-state index is 6.11. The van der Waals surface area contributed by atoms with Crippen LogP contribution < -0.4 is 10.5 Å². The van der Waals surface area contributed by atoms with E-state index in [1.165, 1.54) is 6.42 Å². The average molecular weight is 254 g/mol. The van der Waals surface area contributed by atoms with E-state index < -0.39 is 0 Å². The number of hydrogen-bond acceptors (Lipinski definition) is 2. The molecule has 1 aromatic rings. The zero-order valence-corrected chi connectivity index (χ0v) is 11.0. The number of nitrogens with two attached hydrogens (primary N) is 1. The first-order valence-electron chi connectivity index (χ1n) is 6.32. The molecule has 94 valence electrons. The topological polar surface area (TPSA) is 35.2 Å². The number of hydrogen-bond donors (Lipinski definition) is 1. The van der Waals surface area contributed by atoms with Gasteiger partial charge in [-0.3, -0.25) is 0 Å². The number of benzene rings is 1. The second-order valence-electron chi connectivity index (χ2n) is 5.00. The standard InChI is InChI=1S/C14H20ClNO/c1-10-6-7-11(9-16)14(8-10)17-13-5-3-2-4-12(13)15/h2-5,10-11,14H,6-9,16H2,1H3. The Hall–Kier alpha value is -0.730. The van der Waals surface area contributed by atoms with Gasteiger partial charge in [-0.15, -0.1) is 0 Å². The molecular weight excluding hydrogens is 234 g/mol. The molecule has 1 aliphatic carbocycles. The van der Waals surface area contributed by atoms with Crippen LogP contribution in [0.4, 0.5) is 0 Å². The molecule has 3 atom stereocenters. The van der Waals surface area contributed by atoms with Gasteiger partial charge < -0.3 is 10.5 Å². The lowest BCUT2D eigenvalue weighted by molar-refractivity contribution is 0.0743. The molecule has 2 rings (SSSR count). The van der Waals surface area contributed by atoms with Crippen LogP contribution in [0.3, 0.4) is 0 Å². The van der Waals surface area contributed by atoms with Crippen LogP contribution in [0.5, 0.6) is 5.75 Å². The molecule has 1 saturated carbocycles. The van der Waals surface area contributed by atoms with Gasteiger partial charge in [-0.25, -0.2) is 0 Å². The van der Waals surface area contributed by atoms with Crippen molar-refractivity contribution in [2.75, 3.05) is 6.54 Å². The van der Waals surface area contributed by atoms with E-state index in [9.17, 15) is 0 Å². The first-order valence-corrected chi connectivity index (χ1v) is 6.69. The highest BCUT2D eigenvalue weighted by molar-refractivity contribution is 6.32. The lowest BCUT2D eigenvalue weighted by Gasteiger charge is -2.34. The highest BCUT2D eigenvalue weighted by atomic mass is 35.5.